The van der Waals surface area contributed by atoms with Gasteiger partial charge >= 0.3 is 0 Å². The standard InChI is InChI=1S/C12H18O/c1-10(9-12(2,3)13)11-7-5-4-6-8-11/h4-8,10,13H,9H2,1-3H3. The third kappa shape index (κ3) is 3.60. The number of rotatable bonds is 3. The zero-order chi connectivity index (χ0) is 9.90. The molecule has 1 rings (SSSR count). The van der Waals surface area contributed by atoms with Crippen LogP contribution in [0.2, 0.25) is 0 Å². The van der Waals surface area contributed by atoms with E-state index in [0.29, 0.717) is 5.92 Å². The summed E-state index contributed by atoms with van der Waals surface area (Å²) in [5, 5.41) is 9.65. The molecule has 0 radical (unpaired) electrons. The minimum atomic E-state index is -0.574. The normalized spacial score (nSPS) is 14.2. The minimum absolute atomic E-state index is 0.418. The van der Waals surface area contributed by atoms with Gasteiger partial charge in [-0.3, -0.25) is 0 Å². The fourth-order valence-corrected chi connectivity index (χ4v) is 1.65. The highest BCUT2D eigenvalue weighted by Gasteiger charge is 2.17. The van der Waals surface area contributed by atoms with Crippen molar-refractivity contribution >= 4 is 0 Å². The molecule has 1 N–H and O–H groups in total. The van der Waals surface area contributed by atoms with E-state index in [-0.39, 0.29) is 0 Å². The van der Waals surface area contributed by atoms with Gasteiger partial charge in [0.25, 0.3) is 0 Å². The number of hydrogen-bond donors (Lipinski definition) is 1. The van der Waals surface area contributed by atoms with Crippen LogP contribution in [0.1, 0.15) is 38.7 Å². The van der Waals surface area contributed by atoms with E-state index in [4.69, 9.17) is 0 Å². The molecule has 1 aromatic rings. The maximum atomic E-state index is 9.65. The van der Waals surface area contributed by atoms with Crippen molar-refractivity contribution in [3.63, 3.8) is 0 Å². The fourth-order valence-electron chi connectivity index (χ4n) is 1.65. The van der Waals surface area contributed by atoms with Crippen molar-refractivity contribution < 1.29 is 5.11 Å². The highest BCUT2D eigenvalue weighted by Crippen LogP contribution is 2.24. The molecule has 0 aromatic heterocycles. The Morgan fingerprint density at radius 2 is 1.77 bits per heavy atom. The smallest absolute Gasteiger partial charge is 0.0597 e. The van der Waals surface area contributed by atoms with Crippen molar-refractivity contribution in [1.82, 2.24) is 0 Å². The molecule has 1 nitrogen and oxygen atoms in total. The third-order valence-corrected chi connectivity index (χ3v) is 2.17. The molecule has 0 bridgehead atoms. The highest BCUT2D eigenvalue weighted by molar-refractivity contribution is 5.19. The van der Waals surface area contributed by atoms with Gasteiger partial charge in [-0.25, -0.2) is 0 Å². The van der Waals surface area contributed by atoms with Crippen LogP contribution in [0, 0.1) is 0 Å². The van der Waals surface area contributed by atoms with Crippen molar-refractivity contribution in [3.8, 4) is 0 Å². The van der Waals surface area contributed by atoms with E-state index < -0.39 is 5.60 Å². The Hall–Kier alpha value is -0.820. The van der Waals surface area contributed by atoms with Crippen molar-refractivity contribution in [2.75, 3.05) is 0 Å². The molecular formula is C12H18O. The molecule has 0 saturated heterocycles. The fraction of sp³-hybridized carbons (Fsp3) is 0.500. The molecule has 1 aromatic carbocycles. The largest absolute Gasteiger partial charge is 0.390 e. The first kappa shape index (κ1) is 10.3. The molecule has 0 heterocycles. The summed E-state index contributed by atoms with van der Waals surface area (Å²) in [7, 11) is 0. The summed E-state index contributed by atoms with van der Waals surface area (Å²) in [5.74, 6) is 0.418. The van der Waals surface area contributed by atoms with Gasteiger partial charge in [-0.1, -0.05) is 37.3 Å². The molecule has 0 fully saturated rings. The Balaban J connectivity index is 2.64. The second-order valence-corrected chi connectivity index (χ2v) is 4.33. The van der Waals surface area contributed by atoms with Crippen molar-refractivity contribution in [3.05, 3.63) is 35.9 Å². The molecule has 1 unspecified atom stereocenters. The SMILES string of the molecule is CC(CC(C)(C)O)c1ccccc1. The predicted molar refractivity (Wildman–Crippen MR) is 55.8 cm³/mol. The van der Waals surface area contributed by atoms with Gasteiger partial charge in [-0.2, -0.15) is 0 Å². The van der Waals surface area contributed by atoms with Crippen molar-refractivity contribution in [2.24, 2.45) is 0 Å². The Bertz CT molecular complexity index is 246. The van der Waals surface area contributed by atoms with Gasteiger partial charge < -0.3 is 5.11 Å². The van der Waals surface area contributed by atoms with E-state index in [1.807, 2.05) is 32.0 Å². The van der Waals surface area contributed by atoms with Crippen LogP contribution in [0.5, 0.6) is 0 Å². The van der Waals surface area contributed by atoms with Crippen molar-refractivity contribution in [2.45, 2.75) is 38.7 Å². The quantitative estimate of drug-likeness (QED) is 0.754. The van der Waals surface area contributed by atoms with Gasteiger partial charge in [0, 0.05) is 0 Å². The average Bonchev–Trinajstić information content (AvgIpc) is 2.03. The van der Waals surface area contributed by atoms with E-state index in [0.717, 1.165) is 6.42 Å². The van der Waals surface area contributed by atoms with E-state index in [1.165, 1.54) is 5.56 Å². The van der Waals surface area contributed by atoms with E-state index in [2.05, 4.69) is 19.1 Å². The first-order valence-corrected chi connectivity index (χ1v) is 4.76. The summed E-state index contributed by atoms with van der Waals surface area (Å²) in [6, 6.07) is 10.3. The Labute approximate surface area is 80.4 Å². The molecule has 0 aliphatic rings. The average molecular weight is 178 g/mol. The van der Waals surface area contributed by atoms with Gasteiger partial charge in [0.15, 0.2) is 0 Å². The molecular weight excluding hydrogens is 160 g/mol. The lowest BCUT2D eigenvalue weighted by molar-refractivity contribution is 0.0647. The van der Waals surface area contributed by atoms with E-state index >= 15 is 0 Å². The van der Waals surface area contributed by atoms with Crippen LogP contribution in [-0.2, 0) is 0 Å². The molecule has 0 amide bonds. The van der Waals surface area contributed by atoms with Crippen molar-refractivity contribution in [1.29, 1.82) is 0 Å². The minimum Gasteiger partial charge on any atom is -0.390 e. The highest BCUT2D eigenvalue weighted by atomic mass is 16.3. The monoisotopic (exact) mass is 178 g/mol. The van der Waals surface area contributed by atoms with E-state index in [9.17, 15) is 5.11 Å². The van der Waals surface area contributed by atoms with Gasteiger partial charge in [0.05, 0.1) is 5.60 Å². The Morgan fingerprint density at radius 1 is 1.23 bits per heavy atom. The summed E-state index contributed by atoms with van der Waals surface area (Å²) in [6.45, 7) is 5.85. The Kier molecular flexibility index (Phi) is 3.10. The summed E-state index contributed by atoms with van der Waals surface area (Å²) in [6.07, 6.45) is 0.803. The first-order valence-electron chi connectivity index (χ1n) is 4.76. The second-order valence-electron chi connectivity index (χ2n) is 4.33. The third-order valence-electron chi connectivity index (χ3n) is 2.17. The number of benzene rings is 1. The van der Waals surface area contributed by atoms with Crippen LogP contribution in [0.4, 0.5) is 0 Å². The molecule has 1 atom stereocenters. The topological polar surface area (TPSA) is 20.2 Å². The molecule has 0 aliphatic carbocycles. The zero-order valence-corrected chi connectivity index (χ0v) is 8.62. The van der Waals surface area contributed by atoms with Gasteiger partial charge in [-0.15, -0.1) is 0 Å². The second kappa shape index (κ2) is 3.93. The Morgan fingerprint density at radius 3 is 2.23 bits per heavy atom. The number of hydrogen-bond acceptors (Lipinski definition) is 1. The first-order chi connectivity index (χ1) is 5.99. The summed E-state index contributed by atoms with van der Waals surface area (Å²) in [5.41, 5.74) is 0.722. The van der Waals surface area contributed by atoms with Gasteiger partial charge in [0.2, 0.25) is 0 Å². The van der Waals surface area contributed by atoms with Crippen LogP contribution < -0.4 is 0 Å². The summed E-state index contributed by atoms with van der Waals surface area (Å²) in [4.78, 5) is 0. The van der Waals surface area contributed by atoms with Crippen LogP contribution >= 0.6 is 0 Å². The molecule has 0 saturated carbocycles. The van der Waals surface area contributed by atoms with Crippen LogP contribution in [-0.4, -0.2) is 10.7 Å². The lowest BCUT2D eigenvalue weighted by atomic mass is 9.89. The molecule has 72 valence electrons. The lowest BCUT2D eigenvalue weighted by Gasteiger charge is -2.22. The zero-order valence-electron chi connectivity index (χ0n) is 8.62. The molecule has 1 heteroatoms. The summed E-state index contributed by atoms with van der Waals surface area (Å²) < 4.78 is 0. The maximum Gasteiger partial charge on any atom is 0.0597 e. The van der Waals surface area contributed by atoms with Crippen LogP contribution in [0.3, 0.4) is 0 Å². The van der Waals surface area contributed by atoms with Gasteiger partial charge in [0.1, 0.15) is 0 Å². The predicted octanol–water partition coefficient (Wildman–Crippen LogP) is 2.95. The van der Waals surface area contributed by atoms with Gasteiger partial charge in [-0.05, 0) is 31.7 Å². The number of aliphatic hydroxyl groups is 1. The maximum absolute atomic E-state index is 9.65. The summed E-state index contributed by atoms with van der Waals surface area (Å²) >= 11 is 0. The van der Waals surface area contributed by atoms with E-state index in [1.54, 1.807) is 0 Å². The molecule has 0 aliphatic heterocycles. The molecule has 0 spiro atoms. The van der Waals surface area contributed by atoms with Crippen LogP contribution in [0.25, 0.3) is 0 Å². The van der Waals surface area contributed by atoms with Crippen LogP contribution in [0.15, 0.2) is 30.3 Å². The lowest BCUT2D eigenvalue weighted by Crippen LogP contribution is -2.21. The molecule has 13 heavy (non-hydrogen) atoms.